The monoisotopic (exact) mass is 354 g/mol. The molecule has 0 aromatic heterocycles. The van der Waals surface area contributed by atoms with Gasteiger partial charge in [-0.15, -0.1) is 12.4 Å². The highest BCUT2D eigenvalue weighted by Crippen LogP contribution is 2.35. The molecular formula is C15H22ClF3N2O2. The molecule has 23 heavy (non-hydrogen) atoms. The van der Waals surface area contributed by atoms with Crippen molar-refractivity contribution in [3.05, 3.63) is 29.8 Å². The van der Waals surface area contributed by atoms with Gasteiger partial charge in [-0.2, -0.15) is 13.2 Å². The zero-order chi connectivity index (χ0) is 16.8. The molecule has 0 bridgehead atoms. The lowest BCUT2D eigenvalue weighted by Crippen LogP contribution is -2.52. The fraction of sp³-hybridized carbons (Fsp3) is 0.533. The molecule has 0 heterocycles. The lowest BCUT2D eigenvalue weighted by Gasteiger charge is -2.23. The van der Waals surface area contributed by atoms with E-state index in [2.05, 4.69) is 5.32 Å². The van der Waals surface area contributed by atoms with Gasteiger partial charge in [0.25, 0.3) is 0 Å². The Morgan fingerprint density at radius 2 is 1.91 bits per heavy atom. The van der Waals surface area contributed by atoms with Crippen molar-refractivity contribution in [3.63, 3.8) is 0 Å². The second-order valence-corrected chi connectivity index (χ2v) is 5.27. The van der Waals surface area contributed by atoms with Crippen LogP contribution in [0.15, 0.2) is 24.3 Å². The summed E-state index contributed by atoms with van der Waals surface area (Å²) in [6, 6.07) is 4.95. The maximum atomic E-state index is 12.8. The molecular weight excluding hydrogens is 333 g/mol. The van der Waals surface area contributed by atoms with E-state index in [4.69, 9.17) is 10.5 Å². The molecule has 1 atom stereocenters. The fourth-order valence-corrected chi connectivity index (χ4v) is 1.99. The van der Waals surface area contributed by atoms with Gasteiger partial charge in [-0.25, -0.2) is 0 Å². The Balaban J connectivity index is 0.00000484. The molecule has 0 radical (unpaired) electrons. The number of ether oxygens (including phenoxy) is 1. The van der Waals surface area contributed by atoms with Crippen molar-refractivity contribution in [3.8, 4) is 5.75 Å². The van der Waals surface area contributed by atoms with Crippen LogP contribution in [0.1, 0.15) is 32.3 Å². The molecule has 1 rings (SSSR count). The van der Waals surface area contributed by atoms with Gasteiger partial charge in [0.1, 0.15) is 12.4 Å². The molecule has 3 N–H and O–H groups in total. The predicted molar refractivity (Wildman–Crippen MR) is 84.7 cm³/mol. The van der Waals surface area contributed by atoms with Crippen LogP contribution in [0, 0.1) is 0 Å². The van der Waals surface area contributed by atoms with E-state index in [1.54, 1.807) is 6.92 Å². The summed E-state index contributed by atoms with van der Waals surface area (Å²) in [5, 5.41) is 2.57. The Kier molecular flexibility index (Phi) is 8.41. The van der Waals surface area contributed by atoms with Crippen LogP contribution < -0.4 is 15.8 Å². The Bertz CT molecular complexity index is 508. The van der Waals surface area contributed by atoms with Crippen LogP contribution in [0.5, 0.6) is 5.75 Å². The van der Waals surface area contributed by atoms with Crippen LogP contribution in [0.25, 0.3) is 0 Å². The molecule has 0 spiro atoms. The van der Waals surface area contributed by atoms with Gasteiger partial charge in [0.2, 0.25) is 5.91 Å². The third-order valence-corrected chi connectivity index (χ3v) is 3.13. The summed E-state index contributed by atoms with van der Waals surface area (Å²) >= 11 is 0. The van der Waals surface area contributed by atoms with Crippen molar-refractivity contribution in [2.24, 2.45) is 5.73 Å². The average molecular weight is 355 g/mol. The zero-order valence-electron chi connectivity index (χ0n) is 13.1. The summed E-state index contributed by atoms with van der Waals surface area (Å²) in [5.41, 5.74) is 4.02. The van der Waals surface area contributed by atoms with Crippen molar-refractivity contribution in [1.82, 2.24) is 5.32 Å². The highest BCUT2D eigenvalue weighted by Gasteiger charge is 2.34. The number of alkyl halides is 3. The number of benzene rings is 1. The summed E-state index contributed by atoms with van der Waals surface area (Å²) in [6.45, 7) is 3.55. The molecule has 4 nitrogen and oxygen atoms in total. The summed E-state index contributed by atoms with van der Waals surface area (Å²) < 4.78 is 43.4. The largest absolute Gasteiger partial charge is 0.491 e. The highest BCUT2D eigenvalue weighted by atomic mass is 35.5. The van der Waals surface area contributed by atoms with Gasteiger partial charge in [0.05, 0.1) is 17.6 Å². The number of nitrogens with two attached hydrogens (primary N) is 1. The van der Waals surface area contributed by atoms with Gasteiger partial charge in [-0.1, -0.05) is 25.5 Å². The van der Waals surface area contributed by atoms with Crippen LogP contribution in [0.2, 0.25) is 0 Å². The van der Waals surface area contributed by atoms with E-state index in [-0.39, 0.29) is 37.2 Å². The van der Waals surface area contributed by atoms with Crippen LogP contribution in [-0.4, -0.2) is 24.6 Å². The first-order chi connectivity index (χ1) is 10.2. The quantitative estimate of drug-likeness (QED) is 0.739. The number of rotatable bonds is 7. The minimum absolute atomic E-state index is 0. The molecule has 1 aromatic rings. The number of para-hydroxylation sites is 1. The van der Waals surface area contributed by atoms with Crippen molar-refractivity contribution in [2.75, 3.05) is 13.2 Å². The van der Waals surface area contributed by atoms with Crippen LogP contribution in [0.4, 0.5) is 13.2 Å². The molecule has 1 aromatic carbocycles. The second-order valence-electron chi connectivity index (χ2n) is 5.27. The third kappa shape index (κ3) is 6.66. The molecule has 0 saturated carbocycles. The van der Waals surface area contributed by atoms with E-state index in [1.165, 1.54) is 18.2 Å². The van der Waals surface area contributed by atoms with Crippen LogP contribution in [0.3, 0.4) is 0 Å². The van der Waals surface area contributed by atoms with E-state index in [1.807, 2.05) is 6.92 Å². The molecule has 1 amide bonds. The second kappa shape index (κ2) is 8.98. The minimum atomic E-state index is -4.48. The SMILES string of the molecule is CCCC(C)(N)C(=O)NCCOc1ccccc1C(F)(F)F.Cl. The maximum Gasteiger partial charge on any atom is 0.419 e. The Morgan fingerprint density at radius 1 is 1.30 bits per heavy atom. The van der Waals surface area contributed by atoms with Gasteiger partial charge >= 0.3 is 6.18 Å². The summed E-state index contributed by atoms with van der Waals surface area (Å²) in [5.74, 6) is -0.602. The average Bonchev–Trinajstić information content (AvgIpc) is 2.42. The first-order valence-corrected chi connectivity index (χ1v) is 7.04. The van der Waals surface area contributed by atoms with E-state index in [0.29, 0.717) is 6.42 Å². The smallest absolute Gasteiger partial charge is 0.419 e. The fourth-order valence-electron chi connectivity index (χ4n) is 1.99. The first kappa shape index (κ1) is 21.5. The molecule has 0 saturated heterocycles. The highest BCUT2D eigenvalue weighted by molar-refractivity contribution is 5.85. The van der Waals surface area contributed by atoms with Gasteiger partial charge in [0.15, 0.2) is 0 Å². The molecule has 0 fully saturated rings. The molecule has 0 aliphatic heterocycles. The molecule has 0 aliphatic carbocycles. The Morgan fingerprint density at radius 3 is 2.48 bits per heavy atom. The van der Waals surface area contributed by atoms with Gasteiger partial charge < -0.3 is 15.8 Å². The molecule has 8 heteroatoms. The number of halogens is 4. The number of hydrogen-bond donors (Lipinski definition) is 2. The normalized spacial score (nSPS) is 13.7. The summed E-state index contributed by atoms with van der Waals surface area (Å²) in [6.07, 6.45) is -3.19. The Hall–Kier alpha value is -1.47. The van der Waals surface area contributed by atoms with E-state index in [0.717, 1.165) is 12.5 Å². The van der Waals surface area contributed by atoms with Gasteiger partial charge in [-0.3, -0.25) is 4.79 Å². The third-order valence-electron chi connectivity index (χ3n) is 3.13. The number of amides is 1. The lowest BCUT2D eigenvalue weighted by molar-refractivity contribution is -0.139. The first-order valence-electron chi connectivity index (χ1n) is 7.04. The minimum Gasteiger partial charge on any atom is -0.491 e. The van der Waals surface area contributed by atoms with E-state index >= 15 is 0 Å². The topological polar surface area (TPSA) is 64.4 Å². The lowest BCUT2D eigenvalue weighted by atomic mass is 9.97. The van der Waals surface area contributed by atoms with Crippen LogP contribution >= 0.6 is 12.4 Å². The standard InChI is InChI=1S/C15H21F3N2O2.ClH/c1-3-8-14(2,19)13(21)20-9-10-22-12-7-5-4-6-11(12)15(16,17)18;/h4-7H,3,8-10,19H2,1-2H3,(H,20,21);1H. The molecule has 1 unspecified atom stereocenters. The van der Waals surface area contributed by atoms with E-state index < -0.39 is 17.3 Å². The van der Waals surface area contributed by atoms with Crippen molar-refractivity contribution >= 4 is 18.3 Å². The summed E-state index contributed by atoms with van der Waals surface area (Å²) in [4.78, 5) is 11.8. The van der Waals surface area contributed by atoms with Crippen molar-refractivity contribution in [2.45, 2.75) is 38.4 Å². The number of carbonyl (C=O) groups is 1. The predicted octanol–water partition coefficient (Wildman–Crippen LogP) is 3.14. The number of nitrogens with one attached hydrogen (secondary N) is 1. The van der Waals surface area contributed by atoms with Crippen molar-refractivity contribution < 1.29 is 22.7 Å². The zero-order valence-corrected chi connectivity index (χ0v) is 13.9. The molecule has 132 valence electrons. The van der Waals surface area contributed by atoms with E-state index in [9.17, 15) is 18.0 Å². The Labute approximate surface area is 140 Å². The maximum absolute atomic E-state index is 12.8. The summed E-state index contributed by atoms with van der Waals surface area (Å²) in [7, 11) is 0. The molecule has 0 aliphatic rings. The van der Waals surface area contributed by atoms with Crippen molar-refractivity contribution in [1.29, 1.82) is 0 Å². The van der Waals surface area contributed by atoms with Crippen LogP contribution in [-0.2, 0) is 11.0 Å². The number of carbonyl (C=O) groups excluding carboxylic acids is 1. The van der Waals surface area contributed by atoms with Gasteiger partial charge in [-0.05, 0) is 25.5 Å². The number of hydrogen-bond acceptors (Lipinski definition) is 3. The van der Waals surface area contributed by atoms with Gasteiger partial charge in [0, 0.05) is 0 Å².